The molecular formula is C14H17NO4S2. The van der Waals surface area contributed by atoms with Crippen LogP contribution in [0.15, 0.2) is 29.2 Å². The Morgan fingerprint density at radius 3 is 2.62 bits per heavy atom. The fraction of sp³-hybridized carbons (Fsp3) is 0.357. The molecule has 0 atom stereocenters. The number of carbonyl (C=O) groups is 1. The maximum absolute atomic E-state index is 12.7. The van der Waals surface area contributed by atoms with E-state index in [9.17, 15) is 13.2 Å². The van der Waals surface area contributed by atoms with Crippen LogP contribution in [0.5, 0.6) is 0 Å². The van der Waals surface area contributed by atoms with Gasteiger partial charge in [-0.3, -0.25) is 0 Å². The van der Waals surface area contributed by atoms with Crippen molar-refractivity contribution < 1.29 is 18.3 Å². The van der Waals surface area contributed by atoms with Gasteiger partial charge in [0.1, 0.15) is 0 Å². The van der Waals surface area contributed by atoms with Gasteiger partial charge >= 0.3 is 5.97 Å². The van der Waals surface area contributed by atoms with Crippen LogP contribution in [0.2, 0.25) is 0 Å². The topological polar surface area (TPSA) is 74.7 Å². The minimum Gasteiger partial charge on any atom is -0.478 e. The highest BCUT2D eigenvalue weighted by Crippen LogP contribution is 2.24. The molecule has 0 unspecified atom stereocenters. The SMILES string of the molecule is Cc1ccc(C=CC(=O)O)cc1S(=O)(=O)N1CCSCC1. The third-order valence-electron chi connectivity index (χ3n) is 3.22. The standard InChI is InChI=1S/C14H17NO4S2/c1-11-2-3-12(4-5-14(16)17)10-13(11)21(18,19)15-6-8-20-9-7-15/h2-5,10H,6-9H2,1H3,(H,16,17). The molecule has 0 aromatic heterocycles. The summed E-state index contributed by atoms with van der Waals surface area (Å²) in [5.74, 6) is 0.543. The van der Waals surface area contributed by atoms with Crippen LogP contribution in [0.25, 0.3) is 6.08 Å². The van der Waals surface area contributed by atoms with Crippen molar-refractivity contribution in [2.75, 3.05) is 24.6 Å². The first-order valence-electron chi connectivity index (χ1n) is 6.51. The van der Waals surface area contributed by atoms with E-state index in [1.165, 1.54) is 16.4 Å². The molecule has 21 heavy (non-hydrogen) atoms. The minimum atomic E-state index is -3.52. The van der Waals surface area contributed by atoms with Crippen molar-refractivity contribution in [3.8, 4) is 0 Å². The summed E-state index contributed by atoms with van der Waals surface area (Å²) in [5, 5.41) is 8.65. The molecule has 7 heteroatoms. The highest BCUT2D eigenvalue weighted by Gasteiger charge is 2.27. The van der Waals surface area contributed by atoms with E-state index in [2.05, 4.69) is 0 Å². The van der Waals surface area contributed by atoms with Crippen molar-refractivity contribution in [2.24, 2.45) is 0 Å². The van der Waals surface area contributed by atoms with Gasteiger partial charge in [-0.2, -0.15) is 16.1 Å². The Morgan fingerprint density at radius 1 is 1.33 bits per heavy atom. The molecule has 1 aromatic carbocycles. The molecule has 0 bridgehead atoms. The van der Waals surface area contributed by atoms with Gasteiger partial charge < -0.3 is 5.11 Å². The highest BCUT2D eigenvalue weighted by molar-refractivity contribution is 7.99. The average molecular weight is 327 g/mol. The summed E-state index contributed by atoms with van der Waals surface area (Å²) in [6.45, 7) is 2.78. The largest absolute Gasteiger partial charge is 0.478 e. The first-order chi connectivity index (χ1) is 9.91. The molecule has 114 valence electrons. The number of thioether (sulfide) groups is 1. The number of hydrogen-bond donors (Lipinski definition) is 1. The number of rotatable bonds is 4. The lowest BCUT2D eigenvalue weighted by atomic mass is 10.1. The van der Waals surface area contributed by atoms with Gasteiger partial charge in [-0.05, 0) is 30.2 Å². The molecule has 5 nitrogen and oxygen atoms in total. The molecule has 0 radical (unpaired) electrons. The van der Waals surface area contributed by atoms with Crippen molar-refractivity contribution in [1.29, 1.82) is 0 Å². The van der Waals surface area contributed by atoms with Crippen molar-refractivity contribution in [3.05, 3.63) is 35.4 Å². The van der Waals surface area contributed by atoms with Gasteiger partial charge in [0.05, 0.1) is 4.90 Å². The highest BCUT2D eigenvalue weighted by atomic mass is 32.2. The molecule has 1 N–H and O–H groups in total. The van der Waals surface area contributed by atoms with Crippen LogP contribution in [0.3, 0.4) is 0 Å². The first kappa shape index (κ1) is 16.1. The van der Waals surface area contributed by atoms with Crippen LogP contribution in [0.4, 0.5) is 0 Å². The molecule has 0 saturated carbocycles. The van der Waals surface area contributed by atoms with Gasteiger partial charge in [-0.1, -0.05) is 12.1 Å². The van der Waals surface area contributed by atoms with E-state index in [1.807, 2.05) is 0 Å². The second-order valence-corrected chi connectivity index (χ2v) is 7.84. The Bertz CT molecular complexity index is 662. The van der Waals surface area contributed by atoms with Crippen LogP contribution in [0.1, 0.15) is 11.1 Å². The summed E-state index contributed by atoms with van der Waals surface area (Å²) in [6.07, 6.45) is 2.39. The zero-order valence-electron chi connectivity index (χ0n) is 11.7. The summed E-state index contributed by atoms with van der Waals surface area (Å²) in [6, 6.07) is 4.94. The number of carboxylic acid groups (broad SMARTS) is 1. The Morgan fingerprint density at radius 2 is 2.00 bits per heavy atom. The average Bonchev–Trinajstić information content (AvgIpc) is 2.47. The minimum absolute atomic E-state index is 0.252. The lowest BCUT2D eigenvalue weighted by molar-refractivity contribution is -0.131. The number of hydrogen-bond acceptors (Lipinski definition) is 4. The molecule has 1 saturated heterocycles. The monoisotopic (exact) mass is 327 g/mol. The lowest BCUT2D eigenvalue weighted by Crippen LogP contribution is -2.38. The number of nitrogens with zero attached hydrogens (tertiary/aromatic N) is 1. The molecule has 1 aliphatic rings. The van der Waals surface area contributed by atoms with E-state index in [4.69, 9.17) is 5.11 Å². The number of aliphatic carboxylic acids is 1. The smallest absolute Gasteiger partial charge is 0.328 e. The predicted molar refractivity (Wildman–Crippen MR) is 83.9 cm³/mol. The Balaban J connectivity index is 2.37. The normalized spacial score (nSPS) is 17.2. The van der Waals surface area contributed by atoms with Crippen molar-refractivity contribution >= 4 is 33.8 Å². The van der Waals surface area contributed by atoms with Crippen molar-refractivity contribution in [2.45, 2.75) is 11.8 Å². The summed E-state index contributed by atoms with van der Waals surface area (Å²) >= 11 is 1.75. The van der Waals surface area contributed by atoms with Crippen LogP contribution in [-0.4, -0.2) is 48.4 Å². The molecule has 1 heterocycles. The molecule has 0 aliphatic carbocycles. The third kappa shape index (κ3) is 3.87. The fourth-order valence-electron chi connectivity index (χ4n) is 2.09. The molecule has 2 rings (SSSR count). The second kappa shape index (κ2) is 6.64. The zero-order chi connectivity index (χ0) is 15.5. The van der Waals surface area contributed by atoms with Gasteiger partial charge in [0.25, 0.3) is 0 Å². The fourth-order valence-corrected chi connectivity index (χ4v) is 4.93. The predicted octanol–water partition coefficient (Wildman–Crippen LogP) is 1.83. The van der Waals surface area contributed by atoms with Gasteiger partial charge in [-0.25, -0.2) is 13.2 Å². The van der Waals surface area contributed by atoms with Crippen LogP contribution in [0, 0.1) is 6.92 Å². The molecule has 1 fully saturated rings. The Kier molecular flexibility index (Phi) is 5.08. The Labute approximate surface area is 128 Å². The molecule has 1 aromatic rings. The van der Waals surface area contributed by atoms with Crippen molar-refractivity contribution in [1.82, 2.24) is 4.31 Å². The van der Waals surface area contributed by atoms with E-state index in [1.54, 1.807) is 30.8 Å². The second-order valence-electron chi connectivity index (χ2n) is 4.71. The van der Waals surface area contributed by atoms with E-state index in [-0.39, 0.29) is 4.90 Å². The lowest BCUT2D eigenvalue weighted by Gasteiger charge is -2.26. The van der Waals surface area contributed by atoms with Crippen LogP contribution >= 0.6 is 11.8 Å². The van der Waals surface area contributed by atoms with Gasteiger partial charge in [0.15, 0.2) is 0 Å². The third-order valence-corrected chi connectivity index (χ3v) is 6.20. The zero-order valence-corrected chi connectivity index (χ0v) is 13.3. The Hall–Kier alpha value is -1.31. The summed E-state index contributed by atoms with van der Waals surface area (Å²) in [4.78, 5) is 10.8. The summed E-state index contributed by atoms with van der Waals surface area (Å²) < 4.78 is 26.8. The molecular weight excluding hydrogens is 310 g/mol. The molecule has 1 aliphatic heterocycles. The van der Waals surface area contributed by atoms with E-state index < -0.39 is 16.0 Å². The van der Waals surface area contributed by atoms with E-state index in [0.717, 1.165) is 17.6 Å². The van der Waals surface area contributed by atoms with Crippen LogP contribution in [-0.2, 0) is 14.8 Å². The summed E-state index contributed by atoms with van der Waals surface area (Å²) in [7, 11) is -3.52. The molecule has 0 amide bonds. The molecule has 0 spiro atoms. The maximum atomic E-state index is 12.7. The van der Waals surface area contributed by atoms with Gasteiger partial charge in [0.2, 0.25) is 10.0 Å². The van der Waals surface area contributed by atoms with Gasteiger partial charge in [-0.15, -0.1) is 0 Å². The van der Waals surface area contributed by atoms with Crippen LogP contribution < -0.4 is 0 Å². The van der Waals surface area contributed by atoms with Crippen molar-refractivity contribution in [3.63, 3.8) is 0 Å². The quantitative estimate of drug-likeness (QED) is 0.854. The number of benzene rings is 1. The number of carboxylic acids is 1. The number of aryl methyl sites for hydroxylation is 1. The maximum Gasteiger partial charge on any atom is 0.328 e. The summed E-state index contributed by atoms with van der Waals surface area (Å²) in [5.41, 5.74) is 1.23. The number of sulfonamides is 1. The van der Waals surface area contributed by atoms with Gasteiger partial charge in [0, 0.05) is 30.7 Å². The van der Waals surface area contributed by atoms with E-state index >= 15 is 0 Å². The first-order valence-corrected chi connectivity index (χ1v) is 9.10. The van der Waals surface area contributed by atoms with E-state index in [0.29, 0.717) is 24.2 Å².